The van der Waals surface area contributed by atoms with Crippen LogP contribution in [-0.2, 0) is 0 Å². The van der Waals surface area contributed by atoms with Gasteiger partial charge >= 0.3 is 0 Å². The van der Waals surface area contributed by atoms with Gasteiger partial charge in [0.2, 0.25) is 0 Å². The minimum absolute atomic E-state index is 0.160. The van der Waals surface area contributed by atoms with Gasteiger partial charge in [-0.3, -0.25) is 4.79 Å². The van der Waals surface area contributed by atoms with Crippen molar-refractivity contribution in [1.82, 2.24) is 15.0 Å². The smallest absolute Gasteiger partial charge is 0.257 e. The van der Waals surface area contributed by atoms with E-state index >= 15 is 0 Å². The highest BCUT2D eigenvalue weighted by Gasteiger charge is 2.14. The molecule has 2 aromatic heterocycles. The molecule has 3 N–H and O–H groups in total. The van der Waals surface area contributed by atoms with E-state index in [1.807, 2.05) is 24.3 Å². The number of pyridine rings is 1. The van der Waals surface area contributed by atoms with Crippen LogP contribution in [0.3, 0.4) is 0 Å². The van der Waals surface area contributed by atoms with Gasteiger partial charge in [-0.2, -0.15) is 0 Å². The number of hydrogen-bond donors (Lipinski definition) is 3. The summed E-state index contributed by atoms with van der Waals surface area (Å²) in [6.45, 7) is 0. The Morgan fingerprint density at radius 1 is 1.07 bits per heavy atom. The predicted octanol–water partition coefficient (Wildman–Crippen LogP) is 4.41. The second-order valence-corrected chi connectivity index (χ2v) is 6.36. The van der Waals surface area contributed by atoms with Crippen LogP contribution >= 0.6 is 12.2 Å². The van der Waals surface area contributed by atoms with E-state index in [0.29, 0.717) is 32.7 Å². The largest absolute Gasteiger partial charge is 0.331 e. The Balaban J connectivity index is 1.61. The molecule has 0 saturated carbocycles. The molecule has 0 aliphatic carbocycles. The summed E-state index contributed by atoms with van der Waals surface area (Å²) in [7, 11) is 0. The van der Waals surface area contributed by atoms with Crippen molar-refractivity contribution in [2.24, 2.45) is 0 Å². The van der Waals surface area contributed by atoms with Crippen molar-refractivity contribution in [1.29, 1.82) is 0 Å². The molecule has 0 atom stereocenters. The maximum atomic E-state index is 13.9. The normalized spacial score (nSPS) is 10.3. The zero-order valence-corrected chi connectivity index (χ0v) is 15.2. The molecular formula is C21H13FN4OS. The van der Waals surface area contributed by atoms with Crippen LogP contribution in [-0.4, -0.2) is 20.9 Å². The van der Waals surface area contributed by atoms with E-state index in [1.165, 1.54) is 12.1 Å². The van der Waals surface area contributed by atoms with Crippen molar-refractivity contribution >= 4 is 34.8 Å². The van der Waals surface area contributed by atoms with Crippen molar-refractivity contribution in [3.63, 3.8) is 0 Å². The molecule has 2 aromatic carbocycles. The number of nitrogens with one attached hydrogen (secondary N) is 3. The molecule has 0 radical (unpaired) electrons. The summed E-state index contributed by atoms with van der Waals surface area (Å²) in [6, 6.07) is 15.0. The molecule has 0 unspecified atom stereocenters. The van der Waals surface area contributed by atoms with Crippen molar-refractivity contribution in [3.8, 4) is 11.8 Å². The third-order valence-corrected chi connectivity index (χ3v) is 4.16. The number of hydrogen-bond acceptors (Lipinski definition) is 3. The number of anilines is 1. The molecule has 0 spiro atoms. The molecule has 7 heteroatoms. The van der Waals surface area contributed by atoms with Gasteiger partial charge in [0.1, 0.15) is 11.5 Å². The number of amides is 1. The predicted molar refractivity (Wildman–Crippen MR) is 108 cm³/mol. The molecule has 136 valence electrons. The van der Waals surface area contributed by atoms with E-state index in [2.05, 4.69) is 32.1 Å². The quantitative estimate of drug-likeness (QED) is 0.352. The summed E-state index contributed by atoms with van der Waals surface area (Å²) < 4.78 is 14.2. The second kappa shape index (κ2) is 7.47. The second-order valence-electron chi connectivity index (χ2n) is 5.95. The number of halogens is 1. The van der Waals surface area contributed by atoms with Crippen LogP contribution < -0.4 is 5.32 Å². The summed E-state index contributed by atoms with van der Waals surface area (Å²) >= 11 is 5.03. The Bertz CT molecular complexity index is 1300. The number of carbonyl (C=O) groups is 1. The minimum atomic E-state index is -0.530. The lowest BCUT2D eigenvalue weighted by atomic mass is 10.1. The van der Waals surface area contributed by atoms with Crippen molar-refractivity contribution in [2.45, 2.75) is 0 Å². The van der Waals surface area contributed by atoms with Gasteiger partial charge in [-0.25, -0.2) is 9.37 Å². The number of benzene rings is 2. The van der Waals surface area contributed by atoms with E-state index in [1.54, 1.807) is 24.4 Å². The molecule has 0 aliphatic rings. The number of H-pyrrole nitrogens is 2. The number of aromatic nitrogens is 3. The number of rotatable bonds is 2. The molecule has 1 amide bonds. The molecule has 0 bridgehead atoms. The summed E-state index contributed by atoms with van der Waals surface area (Å²) in [5.41, 5.74) is 2.97. The minimum Gasteiger partial charge on any atom is -0.331 e. The Morgan fingerprint density at radius 3 is 2.79 bits per heavy atom. The Morgan fingerprint density at radius 2 is 1.96 bits per heavy atom. The highest BCUT2D eigenvalue weighted by atomic mass is 32.1. The highest BCUT2D eigenvalue weighted by molar-refractivity contribution is 7.71. The van der Waals surface area contributed by atoms with Gasteiger partial charge in [-0.05, 0) is 60.6 Å². The summed E-state index contributed by atoms with van der Waals surface area (Å²) in [4.78, 5) is 22.5. The average Bonchev–Trinajstić information content (AvgIpc) is 3.06. The lowest BCUT2D eigenvalue weighted by molar-refractivity contribution is 0.102. The van der Waals surface area contributed by atoms with Crippen molar-refractivity contribution < 1.29 is 9.18 Å². The van der Waals surface area contributed by atoms with E-state index in [0.717, 1.165) is 0 Å². The van der Waals surface area contributed by atoms with Gasteiger partial charge < -0.3 is 15.3 Å². The monoisotopic (exact) mass is 388 g/mol. The Labute approximate surface area is 164 Å². The SMILES string of the molecule is O=C(Nc1cccc(C#Cc2ccccn2)c1)c1cc(F)cc2[nH]c(=S)[nH]c12. The highest BCUT2D eigenvalue weighted by Crippen LogP contribution is 2.20. The van der Waals surface area contributed by atoms with Crippen LogP contribution in [0.4, 0.5) is 10.1 Å². The Kier molecular flexibility index (Phi) is 4.70. The number of aromatic amines is 2. The first-order valence-corrected chi connectivity index (χ1v) is 8.75. The lowest BCUT2D eigenvalue weighted by Gasteiger charge is -2.07. The van der Waals surface area contributed by atoms with Crippen molar-refractivity contribution in [2.75, 3.05) is 5.32 Å². The summed E-state index contributed by atoms with van der Waals surface area (Å²) in [5.74, 6) is 4.99. The number of fused-ring (bicyclic) bond motifs is 1. The van der Waals surface area contributed by atoms with Gasteiger partial charge in [-0.15, -0.1) is 0 Å². The van der Waals surface area contributed by atoms with Gasteiger partial charge in [0, 0.05) is 17.4 Å². The summed E-state index contributed by atoms with van der Waals surface area (Å²) in [5, 5.41) is 2.77. The third-order valence-electron chi connectivity index (χ3n) is 3.95. The number of carbonyl (C=O) groups excluding carboxylic acids is 1. The number of nitrogens with zero attached hydrogens (tertiary/aromatic N) is 1. The first kappa shape index (κ1) is 17.6. The van der Waals surface area contributed by atoms with Gasteiger partial charge in [0.15, 0.2) is 4.77 Å². The standard InChI is InChI=1S/C21H13FN4OS/c22-14-11-17(19-18(12-14)25-21(28)26-19)20(27)24-16-6-3-4-13(10-16)7-8-15-5-1-2-9-23-15/h1-6,9-12H,(H,24,27)(H2,25,26,28). The lowest BCUT2D eigenvalue weighted by Crippen LogP contribution is -2.13. The summed E-state index contributed by atoms with van der Waals surface area (Å²) in [6.07, 6.45) is 1.67. The third kappa shape index (κ3) is 3.82. The zero-order chi connectivity index (χ0) is 19.5. The number of imidazole rings is 1. The Hall–Kier alpha value is -3.76. The molecule has 5 nitrogen and oxygen atoms in total. The van der Waals surface area contributed by atoms with E-state index in [-0.39, 0.29) is 5.56 Å². The van der Waals surface area contributed by atoms with Crippen molar-refractivity contribution in [3.05, 3.63) is 88.2 Å². The molecular weight excluding hydrogens is 375 g/mol. The van der Waals surface area contributed by atoms with Gasteiger partial charge in [-0.1, -0.05) is 18.1 Å². The molecule has 0 saturated heterocycles. The van der Waals surface area contributed by atoms with E-state index in [9.17, 15) is 9.18 Å². The van der Waals surface area contributed by atoms with Crippen LogP contribution in [0, 0.1) is 22.4 Å². The van der Waals surface area contributed by atoms with Crippen LogP contribution in [0.5, 0.6) is 0 Å². The fourth-order valence-electron chi connectivity index (χ4n) is 2.73. The van der Waals surface area contributed by atoms with E-state index < -0.39 is 11.7 Å². The topological polar surface area (TPSA) is 73.6 Å². The first-order valence-electron chi connectivity index (χ1n) is 8.34. The maximum absolute atomic E-state index is 13.9. The molecule has 0 fully saturated rings. The molecule has 2 heterocycles. The zero-order valence-electron chi connectivity index (χ0n) is 14.4. The van der Waals surface area contributed by atoms with Crippen LogP contribution in [0.1, 0.15) is 21.6 Å². The molecule has 4 aromatic rings. The fourth-order valence-corrected chi connectivity index (χ4v) is 2.94. The molecule has 28 heavy (non-hydrogen) atoms. The van der Waals surface area contributed by atoms with E-state index in [4.69, 9.17) is 12.2 Å². The average molecular weight is 388 g/mol. The van der Waals surface area contributed by atoms with Gasteiger partial charge in [0.25, 0.3) is 5.91 Å². The maximum Gasteiger partial charge on any atom is 0.257 e. The van der Waals surface area contributed by atoms with Gasteiger partial charge in [0.05, 0.1) is 16.6 Å². The van der Waals surface area contributed by atoms with Crippen LogP contribution in [0.15, 0.2) is 60.8 Å². The molecule has 4 rings (SSSR count). The van der Waals surface area contributed by atoms with Crippen LogP contribution in [0.2, 0.25) is 0 Å². The fraction of sp³-hybridized carbons (Fsp3) is 0. The van der Waals surface area contributed by atoms with Crippen LogP contribution in [0.25, 0.3) is 11.0 Å². The molecule has 0 aliphatic heterocycles. The first-order chi connectivity index (χ1) is 13.6.